The number of carbonyl (C=O) groups is 2. The Hall–Kier alpha value is -2.96. The van der Waals surface area contributed by atoms with Crippen molar-refractivity contribution in [3.63, 3.8) is 0 Å². The minimum Gasteiger partial charge on any atom is -0.497 e. The molecule has 0 saturated carbocycles. The van der Waals surface area contributed by atoms with Gasteiger partial charge in [-0.15, -0.1) is 0 Å². The van der Waals surface area contributed by atoms with E-state index in [4.69, 9.17) is 4.74 Å². The Bertz CT molecular complexity index is 793. The molecule has 2 N–H and O–H groups in total. The number of rotatable bonds is 7. The molecule has 0 radical (unpaired) electrons. The topological polar surface area (TPSA) is 75.6 Å². The molecular formula is C19H19F2NO4. The Morgan fingerprint density at radius 2 is 1.81 bits per heavy atom. The van der Waals surface area contributed by atoms with E-state index in [9.17, 15) is 23.5 Å². The van der Waals surface area contributed by atoms with Crippen molar-refractivity contribution in [2.24, 2.45) is 0 Å². The van der Waals surface area contributed by atoms with Gasteiger partial charge in [0.15, 0.2) is 6.04 Å². The van der Waals surface area contributed by atoms with Crippen LogP contribution in [-0.2, 0) is 9.59 Å². The van der Waals surface area contributed by atoms with Crippen molar-refractivity contribution >= 4 is 11.9 Å². The normalized spacial score (nSPS) is 12.9. The average molecular weight is 363 g/mol. The molecular weight excluding hydrogens is 344 g/mol. The van der Waals surface area contributed by atoms with E-state index in [0.717, 1.165) is 12.1 Å². The van der Waals surface area contributed by atoms with Crippen LogP contribution < -0.4 is 10.1 Å². The molecule has 0 heterocycles. The molecule has 2 aromatic carbocycles. The molecule has 1 amide bonds. The first-order valence-electron chi connectivity index (χ1n) is 7.93. The van der Waals surface area contributed by atoms with Gasteiger partial charge >= 0.3 is 5.97 Å². The van der Waals surface area contributed by atoms with Crippen LogP contribution in [0, 0.1) is 11.6 Å². The number of ether oxygens (including phenoxy) is 1. The number of methoxy groups -OCH3 is 1. The zero-order chi connectivity index (χ0) is 19.3. The summed E-state index contributed by atoms with van der Waals surface area (Å²) in [6, 6.07) is 8.18. The molecule has 0 saturated heterocycles. The van der Waals surface area contributed by atoms with Crippen LogP contribution in [0.25, 0.3) is 0 Å². The molecule has 138 valence electrons. The van der Waals surface area contributed by atoms with Crippen molar-refractivity contribution < 1.29 is 28.2 Å². The minimum atomic E-state index is -1.24. The molecule has 0 aliphatic rings. The van der Waals surface area contributed by atoms with Crippen molar-refractivity contribution in [2.75, 3.05) is 7.11 Å². The highest BCUT2D eigenvalue weighted by Gasteiger charge is 2.24. The zero-order valence-electron chi connectivity index (χ0n) is 14.3. The fourth-order valence-corrected chi connectivity index (χ4v) is 2.59. The van der Waals surface area contributed by atoms with Gasteiger partial charge in [-0.05, 0) is 35.2 Å². The van der Waals surface area contributed by atoms with Crippen LogP contribution in [0.1, 0.15) is 36.4 Å². The molecule has 0 spiro atoms. The number of amides is 1. The predicted octanol–water partition coefficient (Wildman–Crippen LogP) is 3.41. The fourth-order valence-electron chi connectivity index (χ4n) is 2.59. The zero-order valence-corrected chi connectivity index (χ0v) is 14.3. The second-order valence-corrected chi connectivity index (χ2v) is 5.88. The van der Waals surface area contributed by atoms with E-state index in [1.807, 2.05) is 0 Å². The third-order valence-corrected chi connectivity index (χ3v) is 3.99. The SMILES string of the molecule is COc1ccc(C(NC(=O)CC(C)c2ccc(F)cc2F)C(=O)O)cc1. The van der Waals surface area contributed by atoms with Crippen LogP contribution in [0.3, 0.4) is 0 Å². The summed E-state index contributed by atoms with van der Waals surface area (Å²) < 4.78 is 31.8. The van der Waals surface area contributed by atoms with E-state index >= 15 is 0 Å². The van der Waals surface area contributed by atoms with Crippen molar-refractivity contribution in [2.45, 2.75) is 25.3 Å². The van der Waals surface area contributed by atoms with Crippen LogP contribution in [-0.4, -0.2) is 24.1 Å². The summed E-state index contributed by atoms with van der Waals surface area (Å²) in [6.45, 7) is 1.61. The number of carboxylic acid groups (broad SMARTS) is 1. The van der Waals surface area contributed by atoms with Crippen LogP contribution >= 0.6 is 0 Å². The fraction of sp³-hybridized carbons (Fsp3) is 0.263. The molecule has 2 atom stereocenters. The second kappa shape index (κ2) is 8.42. The van der Waals surface area contributed by atoms with E-state index < -0.39 is 35.5 Å². The molecule has 0 fully saturated rings. The van der Waals surface area contributed by atoms with Gasteiger partial charge in [-0.2, -0.15) is 0 Å². The predicted molar refractivity (Wildman–Crippen MR) is 90.9 cm³/mol. The van der Waals surface area contributed by atoms with Gasteiger partial charge in [0.05, 0.1) is 7.11 Å². The molecule has 2 unspecified atom stereocenters. The summed E-state index contributed by atoms with van der Waals surface area (Å²) in [4.78, 5) is 23.7. The van der Waals surface area contributed by atoms with Crippen LogP contribution in [0.15, 0.2) is 42.5 Å². The molecule has 7 heteroatoms. The number of carbonyl (C=O) groups excluding carboxylic acids is 1. The number of hydrogen-bond acceptors (Lipinski definition) is 3. The van der Waals surface area contributed by atoms with Crippen LogP contribution in [0.4, 0.5) is 8.78 Å². The number of aliphatic carboxylic acids is 1. The number of hydrogen-bond donors (Lipinski definition) is 2. The van der Waals surface area contributed by atoms with Gasteiger partial charge in [-0.3, -0.25) is 4.79 Å². The van der Waals surface area contributed by atoms with E-state index in [1.54, 1.807) is 31.2 Å². The Morgan fingerprint density at radius 1 is 1.15 bits per heavy atom. The molecule has 0 aliphatic heterocycles. The molecule has 5 nitrogen and oxygen atoms in total. The Labute approximate surface area is 149 Å². The molecule has 0 aromatic heterocycles. The molecule has 2 rings (SSSR count). The molecule has 0 aliphatic carbocycles. The van der Waals surface area contributed by atoms with Gasteiger partial charge in [-0.1, -0.05) is 25.1 Å². The summed E-state index contributed by atoms with van der Waals surface area (Å²) in [7, 11) is 1.49. The number of nitrogens with one attached hydrogen (secondary N) is 1. The van der Waals surface area contributed by atoms with Gasteiger partial charge < -0.3 is 15.2 Å². The molecule has 26 heavy (non-hydrogen) atoms. The van der Waals surface area contributed by atoms with Crippen molar-refractivity contribution in [1.29, 1.82) is 0 Å². The highest BCUT2D eigenvalue weighted by molar-refractivity contribution is 5.85. The Balaban J connectivity index is 2.08. The van der Waals surface area contributed by atoms with E-state index in [2.05, 4.69) is 5.32 Å². The van der Waals surface area contributed by atoms with Gasteiger partial charge in [0.1, 0.15) is 17.4 Å². The number of halogens is 2. The van der Waals surface area contributed by atoms with Gasteiger partial charge in [0.25, 0.3) is 0 Å². The lowest BCUT2D eigenvalue weighted by Gasteiger charge is -2.18. The lowest BCUT2D eigenvalue weighted by atomic mass is 9.96. The summed E-state index contributed by atoms with van der Waals surface area (Å²) in [5.74, 6) is -3.19. The van der Waals surface area contributed by atoms with E-state index in [-0.39, 0.29) is 12.0 Å². The second-order valence-electron chi connectivity index (χ2n) is 5.88. The molecule has 2 aromatic rings. The third kappa shape index (κ3) is 4.78. The van der Waals surface area contributed by atoms with Gasteiger partial charge in [0.2, 0.25) is 5.91 Å². The summed E-state index contributed by atoms with van der Waals surface area (Å²) >= 11 is 0. The smallest absolute Gasteiger partial charge is 0.330 e. The lowest BCUT2D eigenvalue weighted by molar-refractivity contribution is -0.142. The maximum atomic E-state index is 13.8. The van der Waals surface area contributed by atoms with Crippen LogP contribution in [0.2, 0.25) is 0 Å². The quantitative estimate of drug-likeness (QED) is 0.790. The number of benzene rings is 2. The van der Waals surface area contributed by atoms with Crippen molar-refractivity contribution in [3.05, 3.63) is 65.2 Å². The highest BCUT2D eigenvalue weighted by Crippen LogP contribution is 2.24. The first-order valence-corrected chi connectivity index (χ1v) is 7.93. The maximum Gasteiger partial charge on any atom is 0.330 e. The van der Waals surface area contributed by atoms with Gasteiger partial charge in [-0.25, -0.2) is 13.6 Å². The lowest BCUT2D eigenvalue weighted by Crippen LogP contribution is -2.34. The summed E-state index contributed by atoms with van der Waals surface area (Å²) in [5, 5.41) is 11.8. The Kier molecular flexibility index (Phi) is 6.27. The highest BCUT2D eigenvalue weighted by atomic mass is 19.1. The standard InChI is InChI=1S/C19H19F2NO4/c1-11(15-8-5-13(20)10-16(15)21)9-17(23)22-18(19(24)25)12-3-6-14(26-2)7-4-12/h3-8,10-11,18H,9H2,1-2H3,(H,22,23)(H,24,25). The monoisotopic (exact) mass is 363 g/mol. The maximum absolute atomic E-state index is 13.8. The third-order valence-electron chi connectivity index (χ3n) is 3.99. The Morgan fingerprint density at radius 3 is 2.35 bits per heavy atom. The average Bonchev–Trinajstić information content (AvgIpc) is 2.59. The first-order chi connectivity index (χ1) is 12.3. The molecule has 0 bridgehead atoms. The van der Waals surface area contributed by atoms with E-state index in [1.165, 1.54) is 13.2 Å². The van der Waals surface area contributed by atoms with Crippen LogP contribution in [0.5, 0.6) is 5.75 Å². The number of carboxylic acids is 1. The minimum absolute atomic E-state index is 0.136. The summed E-state index contributed by atoms with van der Waals surface area (Å²) in [6.07, 6.45) is -0.136. The van der Waals surface area contributed by atoms with E-state index in [0.29, 0.717) is 11.3 Å². The summed E-state index contributed by atoms with van der Waals surface area (Å²) in [5.41, 5.74) is 0.574. The first kappa shape index (κ1) is 19.4. The largest absolute Gasteiger partial charge is 0.497 e. The van der Waals surface area contributed by atoms with Crippen molar-refractivity contribution in [1.82, 2.24) is 5.32 Å². The van der Waals surface area contributed by atoms with Crippen molar-refractivity contribution in [3.8, 4) is 5.75 Å². The van der Waals surface area contributed by atoms with Gasteiger partial charge in [0, 0.05) is 12.5 Å².